The summed E-state index contributed by atoms with van der Waals surface area (Å²) in [7, 11) is 0. The number of hydrogen-bond donors (Lipinski definition) is 3. The van der Waals surface area contributed by atoms with Gasteiger partial charge in [0.2, 0.25) is 17.7 Å². The van der Waals surface area contributed by atoms with Crippen LogP contribution in [-0.2, 0) is 29.0 Å². The lowest BCUT2D eigenvalue weighted by molar-refractivity contribution is -0.116. The molecule has 5 heterocycles. The number of morpholine rings is 1. The molecule has 1 aromatic carbocycles. The van der Waals surface area contributed by atoms with Gasteiger partial charge in [-0.3, -0.25) is 19.0 Å². The summed E-state index contributed by atoms with van der Waals surface area (Å²) in [6.07, 6.45) is 2.30. The molecule has 0 unspecified atom stereocenters. The molecule has 1 fully saturated rings. The Morgan fingerprint density at radius 3 is 2.68 bits per heavy atom. The number of ether oxygens (including phenoxy) is 1. The Labute approximate surface area is 251 Å². The molecular weight excluding hydrogens is 607 g/mol. The number of pyridine rings is 1. The lowest BCUT2D eigenvalue weighted by Gasteiger charge is -2.34. The Morgan fingerprint density at radius 1 is 1.18 bits per heavy atom. The molecule has 0 spiro atoms. The Morgan fingerprint density at radius 2 is 1.95 bits per heavy atom. The van der Waals surface area contributed by atoms with E-state index in [1.165, 1.54) is 21.4 Å². The third kappa shape index (κ3) is 4.91. The highest BCUT2D eigenvalue weighted by Crippen LogP contribution is 2.36. The minimum Gasteiger partial charge on any atom is -0.504 e. The largest absolute Gasteiger partial charge is 0.504 e. The van der Waals surface area contributed by atoms with Gasteiger partial charge in [-0.25, -0.2) is 14.4 Å². The Bertz CT molecular complexity index is 1930. The van der Waals surface area contributed by atoms with Gasteiger partial charge in [0.05, 0.1) is 35.9 Å². The maximum Gasteiger partial charge on any atom is 0.263 e. The lowest BCUT2D eigenvalue weighted by atomic mass is 10.0. The molecule has 0 bridgehead atoms. The van der Waals surface area contributed by atoms with Crippen molar-refractivity contribution in [1.82, 2.24) is 19.1 Å². The van der Waals surface area contributed by atoms with Gasteiger partial charge in [0.25, 0.3) is 11.5 Å². The van der Waals surface area contributed by atoms with Crippen LogP contribution >= 0.6 is 11.6 Å². The van der Waals surface area contributed by atoms with Crippen LogP contribution in [-0.4, -0.2) is 61.8 Å². The molecule has 12 nitrogen and oxygen atoms in total. The Hall–Kier alpha value is -4.63. The van der Waals surface area contributed by atoms with E-state index in [-0.39, 0.29) is 34.1 Å². The molecule has 0 radical (unpaired) electrons. The summed E-state index contributed by atoms with van der Waals surface area (Å²) in [5.41, 5.74) is 3.21. The van der Waals surface area contributed by atoms with E-state index in [4.69, 9.17) is 22.1 Å². The molecule has 1 saturated heterocycles. The molecule has 0 saturated carbocycles. The van der Waals surface area contributed by atoms with Crippen molar-refractivity contribution in [2.24, 2.45) is 5.73 Å². The van der Waals surface area contributed by atoms with Gasteiger partial charge in [0, 0.05) is 42.9 Å². The molecular formula is C28H25ClF3N7O5. The Kier molecular flexibility index (Phi) is 7.45. The van der Waals surface area contributed by atoms with E-state index < -0.39 is 63.4 Å². The summed E-state index contributed by atoms with van der Waals surface area (Å²) in [6.45, 7) is 2.97. The topological polar surface area (TPSA) is 158 Å². The number of phenols is 1. The first kappa shape index (κ1) is 29.4. The number of rotatable bonds is 6. The zero-order valence-corrected chi connectivity index (χ0v) is 23.9. The van der Waals surface area contributed by atoms with E-state index in [1.54, 1.807) is 0 Å². The van der Waals surface area contributed by atoms with Gasteiger partial charge >= 0.3 is 0 Å². The number of primary amides is 1. The summed E-state index contributed by atoms with van der Waals surface area (Å²) < 4.78 is 52.7. The number of aromatic nitrogens is 4. The fraction of sp³-hybridized carbons (Fsp3) is 0.321. The second-order valence-corrected chi connectivity index (χ2v) is 10.9. The normalized spacial score (nSPS) is 16.4. The summed E-state index contributed by atoms with van der Waals surface area (Å²) in [6, 6.07) is 2.15. The standard InChI is InChI=1S/C28H25ClF3N7O5/c1-12-11-44-6-5-38(12)18-8-16(21(29)25(32)35-18)34-19(40)10-37-9-15(13-7-14(26(33)42)24(41)23(31)22(13)30)20-27(37)36-17-3-2-4-39(17)28(20)43/h7-9,12,41H,2-6,10-11H2,1H3,(H2,33,42)(H,34,35,40)/t12-/m0/s1. The minimum atomic E-state index is -1.73. The predicted molar refractivity (Wildman–Crippen MR) is 153 cm³/mol. The number of benzene rings is 1. The molecule has 44 heavy (non-hydrogen) atoms. The van der Waals surface area contributed by atoms with Crippen LogP contribution in [0.5, 0.6) is 5.75 Å². The van der Waals surface area contributed by atoms with Crippen LogP contribution < -0.4 is 21.5 Å². The first-order valence-electron chi connectivity index (χ1n) is 13.6. The van der Waals surface area contributed by atoms with Crippen molar-refractivity contribution >= 4 is 46.0 Å². The van der Waals surface area contributed by atoms with Crippen molar-refractivity contribution in [3.05, 3.63) is 62.7 Å². The van der Waals surface area contributed by atoms with Crippen LogP contribution in [0.1, 0.15) is 29.5 Å². The van der Waals surface area contributed by atoms with Crippen molar-refractivity contribution in [1.29, 1.82) is 0 Å². The summed E-state index contributed by atoms with van der Waals surface area (Å²) in [4.78, 5) is 49.0. The number of nitrogens with two attached hydrogens (primary N) is 1. The lowest BCUT2D eigenvalue weighted by Crippen LogP contribution is -2.44. The third-order valence-corrected chi connectivity index (χ3v) is 8.09. The number of nitrogens with one attached hydrogen (secondary N) is 1. The van der Waals surface area contributed by atoms with Crippen molar-refractivity contribution in [2.45, 2.75) is 38.9 Å². The molecule has 4 aromatic rings. The number of halogens is 4. The number of hydrogen-bond acceptors (Lipinski definition) is 8. The number of aromatic hydroxyl groups is 1. The fourth-order valence-corrected chi connectivity index (χ4v) is 5.73. The van der Waals surface area contributed by atoms with Crippen LogP contribution in [0.3, 0.4) is 0 Å². The number of amides is 2. The van der Waals surface area contributed by atoms with Gasteiger partial charge in [-0.15, -0.1) is 0 Å². The van der Waals surface area contributed by atoms with Gasteiger partial charge < -0.3 is 30.4 Å². The van der Waals surface area contributed by atoms with E-state index in [2.05, 4.69) is 15.3 Å². The molecule has 2 amide bonds. The van der Waals surface area contributed by atoms with Crippen LogP contribution in [0.2, 0.25) is 5.02 Å². The quantitative estimate of drug-likeness (QED) is 0.274. The molecule has 6 rings (SSSR count). The zero-order valence-electron chi connectivity index (χ0n) is 23.2. The van der Waals surface area contributed by atoms with Gasteiger partial charge in [0.15, 0.2) is 11.6 Å². The first-order valence-corrected chi connectivity index (χ1v) is 14.0. The van der Waals surface area contributed by atoms with Crippen molar-refractivity contribution in [2.75, 3.05) is 30.0 Å². The maximum atomic E-state index is 15.2. The summed E-state index contributed by atoms with van der Waals surface area (Å²) in [5, 5.41) is 11.9. The summed E-state index contributed by atoms with van der Waals surface area (Å²) >= 11 is 6.14. The number of carbonyl (C=O) groups is 2. The van der Waals surface area contributed by atoms with Crippen LogP contribution in [0, 0.1) is 17.6 Å². The number of anilines is 2. The SMILES string of the molecule is C[C@H]1COCCN1c1cc(NC(=O)Cn2cc(-c3cc(C(N)=O)c(O)c(F)c3F)c3c(=O)n4c(nc32)CCC4)c(Cl)c(F)n1. The van der Waals surface area contributed by atoms with Crippen LogP contribution in [0.25, 0.3) is 22.2 Å². The molecule has 230 valence electrons. The van der Waals surface area contributed by atoms with Crippen LogP contribution in [0.15, 0.2) is 23.1 Å². The number of fused-ring (bicyclic) bond motifs is 2. The second-order valence-electron chi connectivity index (χ2n) is 10.6. The second kappa shape index (κ2) is 11.1. The van der Waals surface area contributed by atoms with Crippen molar-refractivity contribution < 1.29 is 32.6 Å². The molecule has 0 aliphatic carbocycles. The van der Waals surface area contributed by atoms with E-state index in [0.29, 0.717) is 45.0 Å². The Balaban J connectivity index is 1.42. The maximum absolute atomic E-state index is 15.2. The first-order chi connectivity index (χ1) is 21.0. The number of carbonyl (C=O) groups excluding carboxylic acids is 2. The van der Waals surface area contributed by atoms with E-state index in [9.17, 15) is 28.3 Å². The molecule has 1 atom stereocenters. The van der Waals surface area contributed by atoms with Crippen molar-refractivity contribution in [3.63, 3.8) is 0 Å². The highest BCUT2D eigenvalue weighted by molar-refractivity contribution is 6.33. The summed E-state index contributed by atoms with van der Waals surface area (Å²) in [5.74, 6) is -6.79. The molecule has 16 heteroatoms. The minimum absolute atomic E-state index is 0.00311. The zero-order chi connectivity index (χ0) is 31.4. The van der Waals surface area contributed by atoms with Gasteiger partial charge in [-0.1, -0.05) is 11.6 Å². The smallest absolute Gasteiger partial charge is 0.263 e. The van der Waals surface area contributed by atoms with E-state index in [1.807, 2.05) is 11.8 Å². The fourth-order valence-electron chi connectivity index (χ4n) is 5.59. The van der Waals surface area contributed by atoms with Crippen molar-refractivity contribution in [3.8, 4) is 16.9 Å². The van der Waals surface area contributed by atoms with Crippen LogP contribution in [0.4, 0.5) is 24.7 Å². The average Bonchev–Trinajstić information content (AvgIpc) is 3.60. The highest BCUT2D eigenvalue weighted by atomic mass is 35.5. The van der Waals surface area contributed by atoms with Gasteiger partial charge in [0.1, 0.15) is 28.9 Å². The monoisotopic (exact) mass is 631 g/mol. The molecule has 4 N–H and O–H groups in total. The van der Waals surface area contributed by atoms with Gasteiger partial charge in [-0.05, 0) is 19.4 Å². The van der Waals surface area contributed by atoms with E-state index in [0.717, 1.165) is 6.07 Å². The molecule has 2 aliphatic heterocycles. The number of nitrogens with zero attached hydrogens (tertiary/aromatic N) is 5. The predicted octanol–water partition coefficient (Wildman–Crippen LogP) is 2.95. The highest BCUT2D eigenvalue weighted by Gasteiger charge is 2.28. The molecule has 3 aromatic heterocycles. The van der Waals surface area contributed by atoms with E-state index >= 15 is 4.39 Å². The van der Waals surface area contributed by atoms with Gasteiger partial charge in [-0.2, -0.15) is 8.78 Å². The number of aryl methyl sites for hydroxylation is 1. The average molecular weight is 632 g/mol. The molecule has 2 aliphatic rings. The third-order valence-electron chi connectivity index (χ3n) is 7.73.